The van der Waals surface area contributed by atoms with Crippen molar-refractivity contribution in [3.63, 3.8) is 0 Å². The predicted octanol–water partition coefficient (Wildman–Crippen LogP) is 5.50. The quantitative estimate of drug-likeness (QED) is 0.347. The SMILES string of the molecule is O=C(ON1C(=O)CCC1=O)c1ccc(-c2ncc(N(c3ccccc3)c3ccccc3)s2)cc1. The number of carbonyl (C=O) groups is 3. The van der Waals surface area contributed by atoms with Crippen molar-refractivity contribution in [3.8, 4) is 10.6 Å². The Morgan fingerprint density at radius 3 is 1.94 bits per heavy atom. The molecule has 1 aliphatic rings. The smallest absolute Gasteiger partial charge is 0.325 e. The minimum absolute atomic E-state index is 0.0560. The van der Waals surface area contributed by atoms with Gasteiger partial charge in [-0.25, -0.2) is 9.78 Å². The topological polar surface area (TPSA) is 79.8 Å². The van der Waals surface area contributed by atoms with Crippen LogP contribution in [0.3, 0.4) is 0 Å². The van der Waals surface area contributed by atoms with Crippen molar-refractivity contribution in [3.05, 3.63) is 96.7 Å². The Balaban J connectivity index is 1.38. The van der Waals surface area contributed by atoms with Crippen molar-refractivity contribution in [2.45, 2.75) is 12.8 Å². The molecular formula is C26H19N3O4S. The molecule has 0 bridgehead atoms. The number of hydrogen-bond acceptors (Lipinski definition) is 7. The van der Waals surface area contributed by atoms with E-state index in [0.29, 0.717) is 5.06 Å². The van der Waals surface area contributed by atoms with E-state index in [-0.39, 0.29) is 18.4 Å². The van der Waals surface area contributed by atoms with Crippen molar-refractivity contribution >= 4 is 45.5 Å². The van der Waals surface area contributed by atoms with Gasteiger partial charge in [0.15, 0.2) is 0 Å². The predicted molar refractivity (Wildman–Crippen MR) is 129 cm³/mol. The molecular weight excluding hydrogens is 450 g/mol. The first kappa shape index (κ1) is 21.5. The molecule has 1 aromatic heterocycles. The zero-order chi connectivity index (χ0) is 23.5. The maximum absolute atomic E-state index is 12.4. The average molecular weight is 470 g/mol. The number of hydroxylamine groups is 2. The number of imide groups is 1. The van der Waals surface area contributed by atoms with E-state index < -0.39 is 17.8 Å². The fourth-order valence-corrected chi connectivity index (χ4v) is 4.57. The summed E-state index contributed by atoms with van der Waals surface area (Å²) in [6.45, 7) is 0. The van der Waals surface area contributed by atoms with Crippen LogP contribution in [0.15, 0.2) is 91.1 Å². The molecule has 0 aliphatic carbocycles. The number of thiazole rings is 1. The summed E-state index contributed by atoms with van der Waals surface area (Å²) in [4.78, 5) is 47.4. The number of aromatic nitrogens is 1. The van der Waals surface area contributed by atoms with Crippen LogP contribution in [0, 0.1) is 0 Å². The van der Waals surface area contributed by atoms with Crippen molar-refractivity contribution in [2.75, 3.05) is 4.90 Å². The summed E-state index contributed by atoms with van der Waals surface area (Å²) in [5, 5.41) is 2.28. The van der Waals surface area contributed by atoms with Crippen molar-refractivity contribution in [1.29, 1.82) is 0 Å². The number of anilines is 3. The number of hydrogen-bond donors (Lipinski definition) is 0. The maximum atomic E-state index is 12.4. The second-order valence-corrected chi connectivity index (χ2v) is 8.56. The van der Waals surface area contributed by atoms with Gasteiger partial charge in [0.05, 0.1) is 11.8 Å². The monoisotopic (exact) mass is 469 g/mol. The Hall–Kier alpha value is -4.30. The molecule has 1 aliphatic heterocycles. The summed E-state index contributed by atoms with van der Waals surface area (Å²) in [5.41, 5.74) is 3.12. The molecule has 2 amide bonds. The molecule has 1 fully saturated rings. The third kappa shape index (κ3) is 4.31. The highest BCUT2D eigenvalue weighted by Gasteiger charge is 2.33. The van der Waals surface area contributed by atoms with Crippen molar-refractivity contribution in [1.82, 2.24) is 10.0 Å². The van der Waals surface area contributed by atoms with Gasteiger partial charge in [0.25, 0.3) is 11.8 Å². The molecule has 4 aromatic rings. The first-order valence-corrected chi connectivity index (χ1v) is 11.5. The minimum Gasteiger partial charge on any atom is -0.325 e. The lowest BCUT2D eigenvalue weighted by molar-refractivity contribution is -0.172. The van der Waals surface area contributed by atoms with Gasteiger partial charge in [-0.2, -0.15) is 0 Å². The van der Waals surface area contributed by atoms with E-state index in [1.807, 2.05) is 66.9 Å². The van der Waals surface area contributed by atoms with Gasteiger partial charge in [0.2, 0.25) is 0 Å². The van der Waals surface area contributed by atoms with E-state index in [2.05, 4.69) is 9.88 Å². The summed E-state index contributed by atoms with van der Waals surface area (Å²) in [5.74, 6) is -1.77. The lowest BCUT2D eigenvalue weighted by atomic mass is 10.1. The van der Waals surface area contributed by atoms with Gasteiger partial charge in [0, 0.05) is 29.8 Å². The number of amides is 2. The molecule has 0 atom stereocenters. The Bertz CT molecular complexity index is 1280. The zero-order valence-corrected chi connectivity index (χ0v) is 18.8. The summed E-state index contributed by atoms with van der Waals surface area (Å²) in [6.07, 6.45) is 1.94. The highest BCUT2D eigenvalue weighted by molar-refractivity contribution is 7.19. The molecule has 0 radical (unpaired) electrons. The number of carbonyl (C=O) groups excluding carboxylic acids is 3. The summed E-state index contributed by atoms with van der Waals surface area (Å²) in [7, 11) is 0. The fraction of sp³-hybridized carbons (Fsp3) is 0.0769. The first-order chi connectivity index (χ1) is 16.6. The molecule has 1 saturated heterocycles. The average Bonchev–Trinajstić information content (AvgIpc) is 3.48. The van der Waals surface area contributed by atoms with Crippen molar-refractivity contribution < 1.29 is 19.2 Å². The van der Waals surface area contributed by atoms with E-state index in [1.54, 1.807) is 24.3 Å². The van der Waals surface area contributed by atoms with E-state index in [4.69, 9.17) is 4.84 Å². The van der Waals surface area contributed by atoms with Gasteiger partial charge in [0.1, 0.15) is 10.0 Å². The van der Waals surface area contributed by atoms with Crippen LogP contribution in [0.25, 0.3) is 10.6 Å². The van der Waals surface area contributed by atoms with Crippen LogP contribution in [0.5, 0.6) is 0 Å². The zero-order valence-electron chi connectivity index (χ0n) is 18.0. The van der Waals surface area contributed by atoms with Gasteiger partial charge in [-0.15, -0.1) is 5.06 Å². The Morgan fingerprint density at radius 1 is 0.824 bits per heavy atom. The van der Waals surface area contributed by atoms with Gasteiger partial charge in [-0.3, -0.25) is 9.59 Å². The van der Waals surface area contributed by atoms with Crippen LogP contribution >= 0.6 is 11.3 Å². The van der Waals surface area contributed by atoms with E-state index in [0.717, 1.165) is 26.9 Å². The molecule has 0 spiro atoms. The molecule has 5 rings (SSSR count). The standard InChI is InChI=1S/C26H19N3O4S/c30-22-15-16-23(31)29(22)33-26(32)19-13-11-18(12-14-19)25-27-17-24(34-25)28(20-7-3-1-4-8-20)21-9-5-2-6-10-21/h1-14,17H,15-16H2. The van der Waals surface area contributed by atoms with Crippen molar-refractivity contribution in [2.24, 2.45) is 0 Å². The molecule has 168 valence electrons. The highest BCUT2D eigenvalue weighted by atomic mass is 32.1. The van der Waals surface area contributed by atoms with Crippen LogP contribution < -0.4 is 4.90 Å². The highest BCUT2D eigenvalue weighted by Crippen LogP contribution is 2.40. The molecule has 0 N–H and O–H groups in total. The van der Waals surface area contributed by atoms with Crippen LogP contribution in [0.2, 0.25) is 0 Å². The third-order valence-electron chi connectivity index (χ3n) is 5.29. The van der Waals surface area contributed by atoms with Crippen LogP contribution in [-0.2, 0) is 14.4 Å². The molecule has 0 unspecified atom stereocenters. The Labute approximate surface area is 199 Å². The molecule has 7 nitrogen and oxygen atoms in total. The van der Waals surface area contributed by atoms with Gasteiger partial charge in [-0.05, 0) is 36.4 Å². The Morgan fingerprint density at radius 2 is 1.38 bits per heavy atom. The largest absolute Gasteiger partial charge is 0.363 e. The molecule has 3 aromatic carbocycles. The first-order valence-electron chi connectivity index (χ1n) is 10.6. The number of nitrogens with zero attached hydrogens (tertiary/aromatic N) is 3. The summed E-state index contributed by atoms with van der Waals surface area (Å²) in [6, 6.07) is 26.8. The van der Waals surface area contributed by atoms with E-state index in [1.165, 1.54) is 11.3 Å². The maximum Gasteiger partial charge on any atom is 0.363 e. The lowest BCUT2D eigenvalue weighted by Crippen LogP contribution is -2.32. The van der Waals surface area contributed by atoms with Gasteiger partial charge >= 0.3 is 5.97 Å². The second kappa shape index (κ2) is 9.29. The third-order valence-corrected chi connectivity index (χ3v) is 6.32. The van der Waals surface area contributed by atoms with E-state index >= 15 is 0 Å². The number of rotatable bonds is 6. The summed E-state index contributed by atoms with van der Waals surface area (Å²) >= 11 is 1.53. The normalized spacial score (nSPS) is 13.2. The Kier molecular flexibility index (Phi) is 5.88. The second-order valence-electron chi connectivity index (χ2n) is 7.55. The van der Waals surface area contributed by atoms with Crippen LogP contribution in [0.1, 0.15) is 23.2 Å². The number of para-hydroxylation sites is 2. The summed E-state index contributed by atoms with van der Waals surface area (Å²) < 4.78 is 0. The van der Waals surface area contributed by atoms with Gasteiger partial charge < -0.3 is 9.74 Å². The molecule has 0 saturated carbocycles. The van der Waals surface area contributed by atoms with Gasteiger partial charge in [-0.1, -0.05) is 59.9 Å². The molecule has 2 heterocycles. The molecule has 8 heteroatoms. The molecule has 34 heavy (non-hydrogen) atoms. The number of benzene rings is 3. The van der Waals surface area contributed by atoms with E-state index in [9.17, 15) is 14.4 Å². The van der Waals surface area contributed by atoms with Crippen LogP contribution in [-0.4, -0.2) is 27.8 Å². The van der Waals surface area contributed by atoms with Crippen LogP contribution in [0.4, 0.5) is 16.4 Å². The fourth-order valence-electron chi connectivity index (χ4n) is 3.60. The minimum atomic E-state index is -0.755. The lowest BCUT2D eigenvalue weighted by Gasteiger charge is -2.22.